The number of ether oxygens (including phenoxy) is 1. The minimum Gasteiger partial charge on any atom is -0.380 e. The van der Waals surface area contributed by atoms with Gasteiger partial charge in [-0.1, -0.05) is 32.6 Å². The first-order valence-electron chi connectivity index (χ1n) is 5.10. The van der Waals surface area contributed by atoms with Crippen molar-refractivity contribution >= 4 is 0 Å². The predicted molar refractivity (Wildman–Crippen MR) is 53.2 cm³/mol. The molecule has 0 aliphatic heterocycles. The monoisotopic (exact) mass is 173 g/mol. The summed E-state index contributed by atoms with van der Waals surface area (Å²) in [6.07, 6.45) is 6.49. The zero-order valence-corrected chi connectivity index (χ0v) is 8.51. The highest BCUT2D eigenvalue weighted by atomic mass is 16.5. The third-order valence-corrected chi connectivity index (χ3v) is 1.77. The lowest BCUT2D eigenvalue weighted by molar-refractivity contribution is 0.120. The van der Waals surface area contributed by atoms with E-state index >= 15 is 0 Å². The minimum absolute atomic E-state index is 0.181. The van der Waals surface area contributed by atoms with Crippen LogP contribution in [0.4, 0.5) is 0 Å². The van der Waals surface area contributed by atoms with Gasteiger partial charge in [-0.25, -0.2) is 0 Å². The van der Waals surface area contributed by atoms with E-state index in [0.29, 0.717) is 6.61 Å². The molecule has 0 fully saturated rings. The quantitative estimate of drug-likeness (QED) is 0.572. The fourth-order valence-electron chi connectivity index (χ4n) is 1.08. The van der Waals surface area contributed by atoms with Crippen LogP contribution >= 0.6 is 0 Å². The highest BCUT2D eigenvalue weighted by molar-refractivity contribution is 4.48. The van der Waals surface area contributed by atoms with E-state index in [1.165, 1.54) is 32.1 Å². The van der Waals surface area contributed by atoms with Gasteiger partial charge in [0.05, 0.1) is 6.61 Å². The zero-order valence-electron chi connectivity index (χ0n) is 8.51. The van der Waals surface area contributed by atoms with Gasteiger partial charge in [-0.3, -0.25) is 0 Å². The highest BCUT2D eigenvalue weighted by Gasteiger charge is 1.93. The lowest BCUT2D eigenvalue weighted by Crippen LogP contribution is -2.22. The molecule has 0 unspecified atom stereocenters. The summed E-state index contributed by atoms with van der Waals surface area (Å²) in [6.45, 7) is 5.78. The number of hydrogen-bond donors (Lipinski definition) is 1. The van der Waals surface area contributed by atoms with Gasteiger partial charge in [0.25, 0.3) is 0 Å². The molecule has 2 N–H and O–H groups in total. The second-order valence-electron chi connectivity index (χ2n) is 3.47. The highest BCUT2D eigenvalue weighted by Crippen LogP contribution is 2.02. The molecule has 74 valence electrons. The number of hydrogen-bond acceptors (Lipinski definition) is 2. The molecule has 12 heavy (non-hydrogen) atoms. The lowest BCUT2D eigenvalue weighted by Gasteiger charge is -2.06. The second-order valence-corrected chi connectivity index (χ2v) is 3.47. The van der Waals surface area contributed by atoms with Gasteiger partial charge < -0.3 is 10.5 Å². The first kappa shape index (κ1) is 11.9. The van der Waals surface area contributed by atoms with Crippen molar-refractivity contribution in [2.24, 2.45) is 5.73 Å². The van der Waals surface area contributed by atoms with Crippen LogP contribution in [0.15, 0.2) is 0 Å². The fraction of sp³-hybridized carbons (Fsp3) is 1.00. The molecule has 0 amide bonds. The molecule has 0 saturated heterocycles. The average molecular weight is 173 g/mol. The van der Waals surface area contributed by atoms with E-state index in [1.54, 1.807) is 0 Å². The summed E-state index contributed by atoms with van der Waals surface area (Å²) >= 11 is 0. The van der Waals surface area contributed by atoms with E-state index in [0.717, 1.165) is 6.61 Å². The molecule has 0 aromatic carbocycles. The van der Waals surface area contributed by atoms with Crippen molar-refractivity contribution in [1.29, 1.82) is 0 Å². The first-order valence-corrected chi connectivity index (χ1v) is 5.10. The molecule has 0 radical (unpaired) electrons. The Morgan fingerprint density at radius 3 is 2.42 bits per heavy atom. The van der Waals surface area contributed by atoms with Crippen molar-refractivity contribution in [2.45, 2.75) is 52.0 Å². The molecule has 0 aromatic rings. The van der Waals surface area contributed by atoms with Crippen LogP contribution in [0.2, 0.25) is 0 Å². The molecular formula is C10H23NO. The molecule has 1 atom stereocenters. The Kier molecular flexibility index (Phi) is 8.95. The summed E-state index contributed by atoms with van der Waals surface area (Å²) in [5.41, 5.74) is 5.53. The molecule has 0 aliphatic carbocycles. The Balaban J connectivity index is 2.82. The Morgan fingerprint density at radius 1 is 1.17 bits per heavy atom. The van der Waals surface area contributed by atoms with E-state index in [2.05, 4.69) is 6.92 Å². The largest absolute Gasteiger partial charge is 0.380 e. The normalized spacial score (nSPS) is 13.2. The van der Waals surface area contributed by atoms with E-state index < -0.39 is 0 Å². The molecule has 0 heterocycles. The van der Waals surface area contributed by atoms with E-state index in [4.69, 9.17) is 10.5 Å². The Hall–Kier alpha value is -0.0800. The van der Waals surface area contributed by atoms with Gasteiger partial charge in [0.2, 0.25) is 0 Å². The molecule has 2 nitrogen and oxygen atoms in total. The Bertz CT molecular complexity index is 83.9. The summed E-state index contributed by atoms with van der Waals surface area (Å²) in [5.74, 6) is 0. The van der Waals surface area contributed by atoms with Gasteiger partial charge in [-0.05, 0) is 13.3 Å². The smallest absolute Gasteiger partial charge is 0.0614 e. The standard InChI is InChI=1S/C10H23NO/c1-3-4-5-6-7-8-12-9-10(2)11/h10H,3-9,11H2,1-2H3/t10-/m1/s1. The van der Waals surface area contributed by atoms with Gasteiger partial charge in [0.1, 0.15) is 0 Å². The molecule has 0 saturated carbocycles. The topological polar surface area (TPSA) is 35.2 Å². The van der Waals surface area contributed by atoms with Crippen molar-refractivity contribution in [3.63, 3.8) is 0 Å². The molecule has 0 spiro atoms. The SMILES string of the molecule is CCCCCCCOC[C@@H](C)N. The number of unbranched alkanes of at least 4 members (excludes halogenated alkanes) is 4. The third-order valence-electron chi connectivity index (χ3n) is 1.77. The van der Waals surface area contributed by atoms with Gasteiger partial charge >= 0.3 is 0 Å². The molecule has 0 rings (SSSR count). The van der Waals surface area contributed by atoms with Gasteiger partial charge in [0, 0.05) is 12.6 Å². The minimum atomic E-state index is 0.181. The van der Waals surface area contributed by atoms with E-state index in [9.17, 15) is 0 Å². The van der Waals surface area contributed by atoms with Gasteiger partial charge in [-0.2, -0.15) is 0 Å². The number of nitrogens with two attached hydrogens (primary N) is 1. The van der Waals surface area contributed by atoms with Crippen LogP contribution in [0.1, 0.15) is 46.0 Å². The molecule has 0 aromatic heterocycles. The van der Waals surface area contributed by atoms with Crippen LogP contribution in [0.25, 0.3) is 0 Å². The summed E-state index contributed by atoms with van der Waals surface area (Å²) in [6, 6.07) is 0.181. The van der Waals surface area contributed by atoms with Crippen molar-refractivity contribution in [1.82, 2.24) is 0 Å². The molecule has 2 heteroatoms. The maximum absolute atomic E-state index is 5.53. The first-order chi connectivity index (χ1) is 5.77. The summed E-state index contributed by atoms with van der Waals surface area (Å²) < 4.78 is 5.35. The zero-order chi connectivity index (χ0) is 9.23. The summed E-state index contributed by atoms with van der Waals surface area (Å²) in [4.78, 5) is 0. The van der Waals surface area contributed by atoms with Crippen LogP contribution in [0.5, 0.6) is 0 Å². The number of rotatable bonds is 8. The lowest BCUT2D eigenvalue weighted by atomic mass is 10.2. The Morgan fingerprint density at radius 2 is 1.83 bits per heavy atom. The van der Waals surface area contributed by atoms with Crippen LogP contribution in [-0.4, -0.2) is 19.3 Å². The van der Waals surface area contributed by atoms with Crippen LogP contribution < -0.4 is 5.73 Å². The Labute approximate surface area is 76.5 Å². The van der Waals surface area contributed by atoms with Crippen molar-refractivity contribution in [3.05, 3.63) is 0 Å². The van der Waals surface area contributed by atoms with Crippen molar-refractivity contribution < 1.29 is 4.74 Å². The fourth-order valence-corrected chi connectivity index (χ4v) is 1.08. The maximum atomic E-state index is 5.53. The van der Waals surface area contributed by atoms with Crippen LogP contribution in [0.3, 0.4) is 0 Å². The predicted octanol–water partition coefficient (Wildman–Crippen LogP) is 2.32. The van der Waals surface area contributed by atoms with Crippen LogP contribution in [-0.2, 0) is 4.74 Å². The summed E-state index contributed by atoms with van der Waals surface area (Å²) in [7, 11) is 0. The van der Waals surface area contributed by atoms with Gasteiger partial charge in [-0.15, -0.1) is 0 Å². The maximum Gasteiger partial charge on any atom is 0.0614 e. The average Bonchev–Trinajstić information content (AvgIpc) is 2.02. The summed E-state index contributed by atoms with van der Waals surface area (Å²) in [5, 5.41) is 0. The van der Waals surface area contributed by atoms with Crippen molar-refractivity contribution in [2.75, 3.05) is 13.2 Å². The van der Waals surface area contributed by atoms with E-state index in [-0.39, 0.29) is 6.04 Å². The third kappa shape index (κ3) is 9.92. The molecule has 0 bridgehead atoms. The van der Waals surface area contributed by atoms with Crippen molar-refractivity contribution in [3.8, 4) is 0 Å². The molecule has 0 aliphatic rings. The van der Waals surface area contributed by atoms with Crippen LogP contribution in [0, 0.1) is 0 Å². The second kappa shape index (κ2) is 9.01. The van der Waals surface area contributed by atoms with Gasteiger partial charge in [0.15, 0.2) is 0 Å². The van der Waals surface area contributed by atoms with E-state index in [1.807, 2.05) is 6.92 Å². The molecular weight excluding hydrogens is 150 g/mol.